The number of rotatable bonds is 7. The van der Waals surface area contributed by atoms with Crippen LogP contribution in [0.15, 0.2) is 42.7 Å². The monoisotopic (exact) mass is 368 g/mol. The molecule has 27 heavy (non-hydrogen) atoms. The van der Waals surface area contributed by atoms with Crippen LogP contribution in [0.4, 0.5) is 17.1 Å². The topological polar surface area (TPSA) is 57.7 Å². The molecule has 1 fully saturated rings. The van der Waals surface area contributed by atoms with Gasteiger partial charge in [-0.25, -0.2) is 0 Å². The fourth-order valence-corrected chi connectivity index (χ4v) is 3.16. The van der Waals surface area contributed by atoms with Crippen molar-refractivity contribution in [2.45, 2.75) is 19.8 Å². The Balaban J connectivity index is 1.76. The Labute approximate surface area is 161 Å². The van der Waals surface area contributed by atoms with Crippen molar-refractivity contribution in [3.8, 4) is 0 Å². The van der Waals surface area contributed by atoms with Crippen molar-refractivity contribution < 1.29 is 9.53 Å². The lowest BCUT2D eigenvalue weighted by Crippen LogP contribution is -2.36. The highest BCUT2D eigenvalue weighted by atomic mass is 16.5. The van der Waals surface area contributed by atoms with E-state index in [9.17, 15) is 4.79 Å². The predicted octanol–water partition coefficient (Wildman–Crippen LogP) is 3.53. The van der Waals surface area contributed by atoms with Gasteiger partial charge in [-0.3, -0.25) is 9.78 Å². The molecule has 0 radical (unpaired) electrons. The Morgan fingerprint density at radius 2 is 2.04 bits per heavy atom. The summed E-state index contributed by atoms with van der Waals surface area (Å²) in [6.07, 6.45) is 5.44. The molecule has 1 N–H and O–H groups in total. The molecule has 0 spiro atoms. The van der Waals surface area contributed by atoms with Gasteiger partial charge in [0.2, 0.25) is 0 Å². The summed E-state index contributed by atoms with van der Waals surface area (Å²) in [5.74, 6) is 0.000986. The molecule has 0 bridgehead atoms. The van der Waals surface area contributed by atoms with Crippen LogP contribution < -0.4 is 10.2 Å². The average Bonchev–Trinajstić information content (AvgIpc) is 2.72. The summed E-state index contributed by atoms with van der Waals surface area (Å²) >= 11 is 0. The lowest BCUT2D eigenvalue weighted by Gasteiger charge is -2.30. The van der Waals surface area contributed by atoms with Gasteiger partial charge in [0.1, 0.15) is 0 Å². The van der Waals surface area contributed by atoms with Crippen molar-refractivity contribution in [1.29, 1.82) is 0 Å². The number of hydrogen-bond donors (Lipinski definition) is 1. The first-order valence-electron chi connectivity index (χ1n) is 9.58. The summed E-state index contributed by atoms with van der Waals surface area (Å²) in [6.45, 7) is 6.10. The van der Waals surface area contributed by atoms with E-state index in [0.717, 1.165) is 62.8 Å². The molecule has 0 atom stereocenters. The Bertz CT molecular complexity index is 759. The van der Waals surface area contributed by atoms with Gasteiger partial charge in [0, 0.05) is 32.9 Å². The van der Waals surface area contributed by atoms with Crippen LogP contribution in [0, 0.1) is 0 Å². The number of carbonyl (C=O) groups excluding carboxylic acids is 1. The minimum atomic E-state index is 0.000986. The number of unbranched alkanes of at least 4 members (excludes halogenated alkanes) is 1. The number of nitrogens with zero attached hydrogens (tertiary/aromatic N) is 3. The van der Waals surface area contributed by atoms with Crippen molar-refractivity contribution in [2.24, 2.45) is 0 Å². The molecule has 3 rings (SSSR count). The van der Waals surface area contributed by atoms with Crippen LogP contribution in [0.5, 0.6) is 0 Å². The third-order valence-electron chi connectivity index (χ3n) is 4.71. The fourth-order valence-electron chi connectivity index (χ4n) is 3.16. The number of morpholine rings is 1. The average molecular weight is 368 g/mol. The van der Waals surface area contributed by atoms with E-state index in [1.165, 1.54) is 0 Å². The standard InChI is InChI=1S/C21H28N4O2/c1-3-4-9-24(2)21(26)17-14-18(16-22-15-17)23-19-7-5-6-8-20(19)25-10-12-27-13-11-25/h5-8,14-16,23H,3-4,9-13H2,1-2H3. The van der Waals surface area contributed by atoms with Crippen LogP contribution in [-0.2, 0) is 4.74 Å². The van der Waals surface area contributed by atoms with Gasteiger partial charge in [0.15, 0.2) is 0 Å². The normalized spacial score (nSPS) is 14.1. The second kappa shape index (κ2) is 9.37. The third-order valence-corrected chi connectivity index (χ3v) is 4.71. The quantitative estimate of drug-likeness (QED) is 0.810. The number of nitrogens with one attached hydrogen (secondary N) is 1. The van der Waals surface area contributed by atoms with Crippen molar-refractivity contribution in [1.82, 2.24) is 9.88 Å². The number of amides is 1. The van der Waals surface area contributed by atoms with Crippen molar-refractivity contribution in [3.05, 3.63) is 48.3 Å². The molecule has 2 heterocycles. The second-order valence-electron chi connectivity index (χ2n) is 6.78. The maximum atomic E-state index is 12.6. The number of hydrogen-bond acceptors (Lipinski definition) is 5. The number of para-hydroxylation sites is 2. The van der Waals surface area contributed by atoms with Gasteiger partial charge in [-0.1, -0.05) is 25.5 Å². The molecule has 144 valence electrons. The summed E-state index contributed by atoms with van der Waals surface area (Å²) in [7, 11) is 1.84. The minimum absolute atomic E-state index is 0.000986. The Morgan fingerprint density at radius 3 is 2.81 bits per heavy atom. The second-order valence-corrected chi connectivity index (χ2v) is 6.78. The van der Waals surface area contributed by atoms with Crippen LogP contribution in [0.25, 0.3) is 0 Å². The third kappa shape index (κ3) is 4.98. The summed E-state index contributed by atoms with van der Waals surface area (Å²) in [5.41, 5.74) is 3.55. The Kier molecular flexibility index (Phi) is 6.65. The van der Waals surface area contributed by atoms with Crippen molar-refractivity contribution >= 4 is 23.0 Å². The molecule has 0 aliphatic carbocycles. The number of carbonyl (C=O) groups is 1. The zero-order valence-corrected chi connectivity index (χ0v) is 16.1. The molecule has 6 heteroatoms. The molecule has 6 nitrogen and oxygen atoms in total. The first-order chi connectivity index (χ1) is 13.2. The number of anilines is 3. The van der Waals surface area contributed by atoms with E-state index >= 15 is 0 Å². The highest BCUT2D eigenvalue weighted by Gasteiger charge is 2.16. The Hall–Kier alpha value is -2.60. The Morgan fingerprint density at radius 1 is 1.26 bits per heavy atom. The smallest absolute Gasteiger partial charge is 0.255 e. The fraction of sp³-hybridized carbons (Fsp3) is 0.429. The van der Waals surface area contributed by atoms with Crippen LogP contribution in [0.3, 0.4) is 0 Å². The molecule has 1 aromatic carbocycles. The molecule has 2 aromatic rings. The number of benzene rings is 1. The molecular weight excluding hydrogens is 340 g/mol. The number of ether oxygens (including phenoxy) is 1. The lowest BCUT2D eigenvalue weighted by atomic mass is 10.2. The number of pyridine rings is 1. The predicted molar refractivity (Wildman–Crippen MR) is 109 cm³/mol. The van der Waals surface area contributed by atoms with Crippen LogP contribution in [0.2, 0.25) is 0 Å². The molecule has 1 aliphatic rings. The van der Waals surface area contributed by atoms with Crippen LogP contribution >= 0.6 is 0 Å². The molecule has 0 unspecified atom stereocenters. The van der Waals surface area contributed by atoms with Gasteiger partial charge in [-0.15, -0.1) is 0 Å². The number of aromatic nitrogens is 1. The zero-order chi connectivity index (χ0) is 19.1. The van der Waals surface area contributed by atoms with Crippen LogP contribution in [0.1, 0.15) is 30.1 Å². The molecule has 1 aliphatic heterocycles. The largest absolute Gasteiger partial charge is 0.378 e. The summed E-state index contributed by atoms with van der Waals surface area (Å²) in [5, 5.41) is 3.43. The van der Waals surface area contributed by atoms with Gasteiger partial charge < -0.3 is 19.9 Å². The molecule has 1 amide bonds. The first kappa shape index (κ1) is 19.2. The van der Waals surface area contributed by atoms with Gasteiger partial charge in [0.05, 0.1) is 42.0 Å². The van der Waals surface area contributed by atoms with Gasteiger partial charge in [0.25, 0.3) is 5.91 Å². The van der Waals surface area contributed by atoms with E-state index in [4.69, 9.17) is 4.74 Å². The lowest BCUT2D eigenvalue weighted by molar-refractivity contribution is 0.0793. The molecule has 0 saturated carbocycles. The van der Waals surface area contributed by atoms with Crippen molar-refractivity contribution in [2.75, 3.05) is 50.1 Å². The van der Waals surface area contributed by atoms with Crippen molar-refractivity contribution in [3.63, 3.8) is 0 Å². The van der Waals surface area contributed by atoms with Gasteiger partial charge in [-0.2, -0.15) is 0 Å². The van der Waals surface area contributed by atoms with E-state index in [2.05, 4.69) is 28.2 Å². The zero-order valence-electron chi connectivity index (χ0n) is 16.1. The van der Waals surface area contributed by atoms with E-state index in [1.807, 2.05) is 31.3 Å². The van der Waals surface area contributed by atoms with Gasteiger partial charge >= 0.3 is 0 Å². The first-order valence-corrected chi connectivity index (χ1v) is 9.58. The summed E-state index contributed by atoms with van der Waals surface area (Å²) < 4.78 is 5.46. The van der Waals surface area contributed by atoms with Crippen LogP contribution in [-0.4, -0.2) is 55.7 Å². The van der Waals surface area contributed by atoms with E-state index in [0.29, 0.717) is 5.56 Å². The SMILES string of the molecule is CCCCN(C)C(=O)c1cncc(Nc2ccccc2N2CCOCC2)c1. The maximum absolute atomic E-state index is 12.6. The van der Waals surface area contributed by atoms with E-state index < -0.39 is 0 Å². The van der Waals surface area contributed by atoms with Gasteiger partial charge in [-0.05, 0) is 24.6 Å². The summed E-state index contributed by atoms with van der Waals surface area (Å²) in [6, 6.07) is 10.1. The molecule has 1 saturated heterocycles. The van der Waals surface area contributed by atoms with E-state index in [-0.39, 0.29) is 5.91 Å². The summed E-state index contributed by atoms with van der Waals surface area (Å²) in [4.78, 5) is 20.9. The molecule has 1 aromatic heterocycles. The highest BCUT2D eigenvalue weighted by molar-refractivity contribution is 5.94. The highest BCUT2D eigenvalue weighted by Crippen LogP contribution is 2.29. The van der Waals surface area contributed by atoms with E-state index in [1.54, 1.807) is 17.3 Å². The molecular formula is C21H28N4O2. The minimum Gasteiger partial charge on any atom is -0.378 e. The maximum Gasteiger partial charge on any atom is 0.255 e.